The molecule has 0 bridgehead atoms. The van der Waals surface area contributed by atoms with Crippen molar-refractivity contribution < 1.29 is 14.3 Å². The van der Waals surface area contributed by atoms with Gasteiger partial charge in [0.25, 0.3) is 0 Å². The summed E-state index contributed by atoms with van der Waals surface area (Å²) in [5.74, 6) is 0.964. The number of ether oxygens (including phenoxy) is 2. The maximum Gasteiger partial charge on any atom is 0.409 e. The molecule has 1 atom stereocenters. The van der Waals surface area contributed by atoms with Crippen molar-refractivity contribution in [2.24, 2.45) is 0 Å². The lowest BCUT2D eigenvalue weighted by Gasteiger charge is -2.35. The summed E-state index contributed by atoms with van der Waals surface area (Å²) in [6, 6.07) is 7.14. The van der Waals surface area contributed by atoms with Crippen LogP contribution in [0.4, 0.5) is 4.79 Å². The van der Waals surface area contributed by atoms with Crippen LogP contribution < -0.4 is 4.74 Å². The van der Waals surface area contributed by atoms with E-state index < -0.39 is 0 Å². The maximum absolute atomic E-state index is 11.9. The smallest absolute Gasteiger partial charge is 0.409 e. The van der Waals surface area contributed by atoms with Crippen LogP contribution in [-0.4, -0.2) is 61.8 Å². The fraction of sp³-hybridized carbons (Fsp3) is 0.696. The number of unbranched alkanes of at least 4 members (excludes halogenated alkanes) is 1. The first-order chi connectivity index (χ1) is 13.7. The van der Waals surface area contributed by atoms with E-state index in [1.165, 1.54) is 24.0 Å². The first kappa shape index (κ1) is 21.0. The molecule has 1 aliphatic carbocycles. The Hall–Kier alpha value is -1.75. The number of cyclic esters (lactones) is 1. The van der Waals surface area contributed by atoms with Crippen LogP contribution in [0, 0.1) is 0 Å². The Balaban J connectivity index is 1.50. The monoisotopic (exact) mass is 388 g/mol. The number of nitrogens with zero attached hydrogens (tertiary/aromatic N) is 2. The second-order valence-corrected chi connectivity index (χ2v) is 8.08. The zero-order chi connectivity index (χ0) is 19.8. The lowest BCUT2D eigenvalue weighted by atomic mass is 9.87. The molecular formula is C23H36N2O3. The van der Waals surface area contributed by atoms with Crippen LogP contribution >= 0.6 is 0 Å². The molecule has 1 heterocycles. The third-order valence-electron chi connectivity index (χ3n) is 6.07. The number of hydrogen-bond donors (Lipinski definition) is 0. The predicted octanol–water partition coefficient (Wildman–Crippen LogP) is 4.28. The molecule has 1 saturated heterocycles. The molecule has 1 aromatic carbocycles. The first-order valence-electron chi connectivity index (χ1n) is 11.0. The SMILES string of the molecule is CCCN(CCCCN1CCCCOC1=O)C1CCc2ccc(OC)cc2C1. The number of hydrogen-bond acceptors (Lipinski definition) is 4. The highest BCUT2D eigenvalue weighted by molar-refractivity contribution is 5.67. The highest BCUT2D eigenvalue weighted by Gasteiger charge is 2.24. The molecule has 0 radical (unpaired) electrons. The minimum atomic E-state index is -0.124. The molecule has 1 unspecified atom stereocenters. The topological polar surface area (TPSA) is 42.0 Å². The lowest BCUT2D eigenvalue weighted by molar-refractivity contribution is 0.114. The molecule has 5 nitrogen and oxygen atoms in total. The molecular weight excluding hydrogens is 352 g/mol. The number of carbonyl (C=O) groups is 1. The van der Waals surface area contributed by atoms with Crippen molar-refractivity contribution in [2.45, 2.75) is 64.3 Å². The number of aryl methyl sites for hydroxylation is 1. The van der Waals surface area contributed by atoms with Crippen LogP contribution in [-0.2, 0) is 17.6 Å². The average molecular weight is 389 g/mol. The molecule has 156 valence electrons. The molecule has 0 aromatic heterocycles. The van der Waals surface area contributed by atoms with Gasteiger partial charge in [-0.05, 0) is 87.7 Å². The molecule has 1 aliphatic heterocycles. The summed E-state index contributed by atoms with van der Waals surface area (Å²) >= 11 is 0. The Kier molecular flexibility index (Phi) is 8.01. The molecule has 5 heteroatoms. The largest absolute Gasteiger partial charge is 0.497 e. The Morgan fingerprint density at radius 3 is 2.93 bits per heavy atom. The second-order valence-electron chi connectivity index (χ2n) is 8.08. The fourth-order valence-corrected chi connectivity index (χ4v) is 4.48. The second kappa shape index (κ2) is 10.7. The zero-order valence-electron chi connectivity index (χ0n) is 17.6. The van der Waals surface area contributed by atoms with E-state index in [0.717, 1.165) is 70.5 Å². The van der Waals surface area contributed by atoms with E-state index in [9.17, 15) is 4.79 Å². The molecule has 1 amide bonds. The van der Waals surface area contributed by atoms with Crippen LogP contribution in [0.3, 0.4) is 0 Å². The van der Waals surface area contributed by atoms with Crippen molar-refractivity contribution in [3.8, 4) is 5.75 Å². The quantitative estimate of drug-likeness (QED) is 0.592. The van der Waals surface area contributed by atoms with Gasteiger partial charge in [0.15, 0.2) is 0 Å². The molecule has 3 rings (SSSR count). The highest BCUT2D eigenvalue weighted by Crippen LogP contribution is 2.28. The van der Waals surface area contributed by atoms with E-state index in [2.05, 4.69) is 30.0 Å². The number of methoxy groups -OCH3 is 1. The Labute approximate surface area is 170 Å². The van der Waals surface area contributed by atoms with E-state index >= 15 is 0 Å². The van der Waals surface area contributed by atoms with Crippen LogP contribution in [0.5, 0.6) is 5.75 Å². The van der Waals surface area contributed by atoms with Gasteiger partial charge >= 0.3 is 6.09 Å². The predicted molar refractivity (Wildman–Crippen MR) is 112 cm³/mol. The summed E-state index contributed by atoms with van der Waals surface area (Å²) in [5, 5.41) is 0. The minimum Gasteiger partial charge on any atom is -0.497 e. The zero-order valence-corrected chi connectivity index (χ0v) is 17.6. The van der Waals surface area contributed by atoms with Gasteiger partial charge in [0.2, 0.25) is 0 Å². The summed E-state index contributed by atoms with van der Waals surface area (Å²) in [6.45, 7) is 6.77. The standard InChI is InChI=1S/C23H36N2O3/c1-3-12-24(13-4-5-14-25-15-6-7-16-28-23(25)26)21-10-8-19-9-11-22(27-2)18-20(19)17-21/h9,11,18,21H,3-8,10,12-17H2,1-2H3. The highest BCUT2D eigenvalue weighted by atomic mass is 16.6. The van der Waals surface area contributed by atoms with Gasteiger partial charge in [0.05, 0.1) is 13.7 Å². The number of amides is 1. The van der Waals surface area contributed by atoms with E-state index in [1.807, 2.05) is 4.90 Å². The minimum absolute atomic E-state index is 0.124. The molecule has 1 aromatic rings. The maximum atomic E-state index is 11.9. The van der Waals surface area contributed by atoms with Crippen molar-refractivity contribution in [1.29, 1.82) is 0 Å². The third kappa shape index (κ3) is 5.63. The van der Waals surface area contributed by atoms with Gasteiger partial charge in [0, 0.05) is 19.1 Å². The van der Waals surface area contributed by atoms with Crippen LogP contribution in [0.1, 0.15) is 56.6 Å². The number of fused-ring (bicyclic) bond motifs is 1. The van der Waals surface area contributed by atoms with Crippen molar-refractivity contribution in [2.75, 3.05) is 39.9 Å². The summed E-state index contributed by atoms with van der Waals surface area (Å²) in [6.07, 6.45) is 8.78. The van der Waals surface area contributed by atoms with Gasteiger partial charge < -0.3 is 19.3 Å². The molecule has 2 aliphatic rings. The van der Waals surface area contributed by atoms with E-state index in [-0.39, 0.29) is 6.09 Å². The molecule has 0 spiro atoms. The lowest BCUT2D eigenvalue weighted by Crippen LogP contribution is -2.40. The fourth-order valence-electron chi connectivity index (χ4n) is 4.48. The summed E-state index contributed by atoms with van der Waals surface area (Å²) < 4.78 is 10.7. The van der Waals surface area contributed by atoms with Crippen molar-refractivity contribution in [1.82, 2.24) is 9.80 Å². The summed E-state index contributed by atoms with van der Waals surface area (Å²) in [5.41, 5.74) is 2.93. The number of rotatable bonds is 9. The Morgan fingerprint density at radius 2 is 2.11 bits per heavy atom. The third-order valence-corrected chi connectivity index (χ3v) is 6.07. The van der Waals surface area contributed by atoms with Gasteiger partial charge in [-0.2, -0.15) is 0 Å². The normalized spacial score (nSPS) is 19.9. The number of benzene rings is 1. The molecule has 1 fully saturated rings. The van der Waals surface area contributed by atoms with Crippen molar-refractivity contribution >= 4 is 6.09 Å². The average Bonchev–Trinajstić information content (AvgIpc) is 2.93. The summed E-state index contributed by atoms with van der Waals surface area (Å²) in [4.78, 5) is 16.5. The van der Waals surface area contributed by atoms with Crippen molar-refractivity contribution in [3.63, 3.8) is 0 Å². The Morgan fingerprint density at radius 1 is 1.21 bits per heavy atom. The van der Waals surface area contributed by atoms with Gasteiger partial charge in [-0.15, -0.1) is 0 Å². The molecule has 28 heavy (non-hydrogen) atoms. The molecule has 0 N–H and O–H groups in total. The summed E-state index contributed by atoms with van der Waals surface area (Å²) in [7, 11) is 1.74. The van der Waals surface area contributed by atoms with E-state index in [0.29, 0.717) is 12.6 Å². The van der Waals surface area contributed by atoms with Crippen LogP contribution in [0.2, 0.25) is 0 Å². The number of carbonyl (C=O) groups excluding carboxylic acids is 1. The van der Waals surface area contributed by atoms with Gasteiger partial charge in [-0.3, -0.25) is 0 Å². The first-order valence-corrected chi connectivity index (χ1v) is 11.0. The van der Waals surface area contributed by atoms with E-state index in [4.69, 9.17) is 9.47 Å². The molecule has 0 saturated carbocycles. The van der Waals surface area contributed by atoms with E-state index in [1.54, 1.807) is 7.11 Å². The van der Waals surface area contributed by atoms with Gasteiger partial charge in [-0.25, -0.2) is 4.79 Å². The Bertz CT molecular complexity index is 634. The van der Waals surface area contributed by atoms with Crippen LogP contribution in [0.25, 0.3) is 0 Å². The van der Waals surface area contributed by atoms with Gasteiger partial charge in [-0.1, -0.05) is 13.0 Å². The van der Waals surface area contributed by atoms with Crippen LogP contribution in [0.15, 0.2) is 18.2 Å². The van der Waals surface area contributed by atoms with Gasteiger partial charge in [0.1, 0.15) is 5.75 Å². The van der Waals surface area contributed by atoms with Crippen molar-refractivity contribution in [3.05, 3.63) is 29.3 Å².